The van der Waals surface area contributed by atoms with Gasteiger partial charge in [-0.2, -0.15) is 4.98 Å². The summed E-state index contributed by atoms with van der Waals surface area (Å²) in [6, 6.07) is 11.6. The van der Waals surface area contributed by atoms with E-state index in [9.17, 15) is 5.11 Å². The number of aromatic hydroxyl groups is 1. The molecule has 6 nitrogen and oxygen atoms in total. The minimum Gasteiger partial charge on any atom is -0.506 e. The molecule has 3 aromatic rings. The minimum atomic E-state index is 0.116. The Balaban J connectivity index is 1.41. The molecular formula is C24H25N3O3. The first-order chi connectivity index (χ1) is 14.4. The largest absolute Gasteiger partial charge is 0.506 e. The number of rotatable bonds is 3. The quantitative estimate of drug-likeness (QED) is 0.654. The van der Waals surface area contributed by atoms with Gasteiger partial charge in [0.05, 0.1) is 6.04 Å². The van der Waals surface area contributed by atoms with Gasteiger partial charge in [0.25, 0.3) is 0 Å². The van der Waals surface area contributed by atoms with Crippen molar-refractivity contribution in [3.05, 3.63) is 53.7 Å². The zero-order valence-electron chi connectivity index (χ0n) is 17.4. The summed E-state index contributed by atoms with van der Waals surface area (Å²) in [4.78, 5) is 13.6. The second kappa shape index (κ2) is 6.97. The van der Waals surface area contributed by atoms with E-state index >= 15 is 0 Å². The fraction of sp³-hybridized carbons (Fsp3) is 0.375. The molecule has 6 heteroatoms. The Labute approximate surface area is 175 Å². The van der Waals surface area contributed by atoms with Gasteiger partial charge in [-0.25, -0.2) is 9.98 Å². The molecule has 0 bridgehead atoms. The van der Waals surface area contributed by atoms with Crippen molar-refractivity contribution in [2.75, 3.05) is 0 Å². The molecule has 1 fully saturated rings. The Kier molecular flexibility index (Phi) is 4.38. The zero-order chi connectivity index (χ0) is 20.9. The highest BCUT2D eigenvalue weighted by Crippen LogP contribution is 2.42. The summed E-state index contributed by atoms with van der Waals surface area (Å²) >= 11 is 0. The van der Waals surface area contributed by atoms with Crippen LogP contribution in [0.2, 0.25) is 0 Å². The molecular weight excluding hydrogens is 378 g/mol. The second-order valence-electron chi connectivity index (χ2n) is 8.92. The Morgan fingerprint density at radius 3 is 2.90 bits per heavy atom. The molecule has 0 unspecified atom stereocenters. The summed E-state index contributed by atoms with van der Waals surface area (Å²) in [5.74, 6) is 1.39. The van der Waals surface area contributed by atoms with E-state index in [1.54, 1.807) is 12.3 Å². The molecule has 2 heterocycles. The van der Waals surface area contributed by atoms with Crippen molar-refractivity contribution < 1.29 is 14.6 Å². The Morgan fingerprint density at radius 1 is 1.20 bits per heavy atom. The first-order valence-electron chi connectivity index (χ1n) is 10.4. The first-order valence-corrected chi connectivity index (χ1v) is 10.4. The molecule has 1 N–H and O–H groups in total. The lowest BCUT2D eigenvalue weighted by Gasteiger charge is -2.37. The summed E-state index contributed by atoms with van der Waals surface area (Å²) < 4.78 is 12.1. The van der Waals surface area contributed by atoms with E-state index in [1.807, 2.05) is 37.3 Å². The van der Waals surface area contributed by atoms with Gasteiger partial charge in [-0.1, -0.05) is 19.9 Å². The van der Waals surface area contributed by atoms with Gasteiger partial charge in [0.1, 0.15) is 23.1 Å². The molecule has 1 aromatic heterocycles. The lowest BCUT2D eigenvalue weighted by molar-refractivity contribution is 0.0768. The van der Waals surface area contributed by atoms with Crippen LogP contribution in [-0.4, -0.2) is 33.1 Å². The van der Waals surface area contributed by atoms with Gasteiger partial charge >= 0.3 is 6.01 Å². The summed E-state index contributed by atoms with van der Waals surface area (Å²) in [5.41, 5.74) is 2.46. The minimum absolute atomic E-state index is 0.116. The Hall–Kier alpha value is -3.15. The number of aliphatic imine (C=N–C) groups is 1. The summed E-state index contributed by atoms with van der Waals surface area (Å²) in [7, 11) is 0. The van der Waals surface area contributed by atoms with E-state index in [1.165, 1.54) is 12.8 Å². The fourth-order valence-electron chi connectivity index (χ4n) is 4.50. The van der Waals surface area contributed by atoms with Gasteiger partial charge in [0.2, 0.25) is 5.90 Å². The maximum Gasteiger partial charge on any atom is 0.322 e. The van der Waals surface area contributed by atoms with Crippen LogP contribution in [0.4, 0.5) is 0 Å². The lowest BCUT2D eigenvalue weighted by Crippen LogP contribution is -2.40. The second-order valence-corrected chi connectivity index (χ2v) is 8.92. The van der Waals surface area contributed by atoms with Crippen molar-refractivity contribution in [1.29, 1.82) is 0 Å². The fourth-order valence-corrected chi connectivity index (χ4v) is 4.50. The topological polar surface area (TPSA) is 76.8 Å². The number of phenolic OH excluding ortho intramolecular Hbond substituents is 1. The van der Waals surface area contributed by atoms with Crippen molar-refractivity contribution in [2.45, 2.75) is 52.2 Å². The van der Waals surface area contributed by atoms with E-state index in [0.29, 0.717) is 17.2 Å². The van der Waals surface area contributed by atoms with Crippen LogP contribution in [0.3, 0.4) is 0 Å². The lowest BCUT2D eigenvalue weighted by atomic mass is 9.72. The Bertz CT molecular complexity index is 1160. The third-order valence-corrected chi connectivity index (χ3v) is 6.06. The average Bonchev–Trinajstić information content (AvgIpc) is 3.15. The van der Waals surface area contributed by atoms with Crippen LogP contribution in [0.5, 0.6) is 17.5 Å². The van der Waals surface area contributed by atoms with Crippen molar-refractivity contribution in [3.63, 3.8) is 0 Å². The highest BCUT2D eigenvalue weighted by Gasteiger charge is 2.44. The summed E-state index contributed by atoms with van der Waals surface area (Å²) in [5, 5.41) is 11.0. The molecule has 0 amide bonds. The molecule has 0 radical (unpaired) electrons. The number of hydrogen-bond donors (Lipinski definition) is 1. The first kappa shape index (κ1) is 18.9. The van der Waals surface area contributed by atoms with Gasteiger partial charge in [-0.05, 0) is 67.5 Å². The van der Waals surface area contributed by atoms with Crippen molar-refractivity contribution in [2.24, 2.45) is 10.4 Å². The number of ether oxygens (including phenoxy) is 2. The number of benzene rings is 2. The number of fused-ring (bicyclic) bond motifs is 2. The zero-order valence-corrected chi connectivity index (χ0v) is 17.4. The molecule has 2 atom stereocenters. The third-order valence-electron chi connectivity index (χ3n) is 6.06. The monoisotopic (exact) mass is 403 g/mol. The predicted octanol–water partition coefficient (Wildman–Crippen LogP) is 5.16. The van der Waals surface area contributed by atoms with Gasteiger partial charge in [0, 0.05) is 17.1 Å². The highest BCUT2D eigenvalue weighted by atomic mass is 16.5. The molecule has 2 aliphatic rings. The molecule has 1 saturated carbocycles. The van der Waals surface area contributed by atoms with E-state index in [2.05, 4.69) is 23.8 Å². The molecule has 1 aliphatic heterocycles. The van der Waals surface area contributed by atoms with Gasteiger partial charge < -0.3 is 14.6 Å². The smallest absolute Gasteiger partial charge is 0.322 e. The number of aromatic nitrogens is 2. The van der Waals surface area contributed by atoms with Gasteiger partial charge in [0.15, 0.2) is 0 Å². The predicted molar refractivity (Wildman–Crippen MR) is 115 cm³/mol. The van der Waals surface area contributed by atoms with Crippen LogP contribution in [0.15, 0.2) is 47.6 Å². The van der Waals surface area contributed by atoms with Crippen LogP contribution in [0, 0.1) is 12.3 Å². The van der Waals surface area contributed by atoms with E-state index in [-0.39, 0.29) is 29.3 Å². The molecule has 1 aliphatic carbocycles. The molecule has 30 heavy (non-hydrogen) atoms. The van der Waals surface area contributed by atoms with E-state index in [4.69, 9.17) is 14.5 Å². The molecule has 2 aromatic carbocycles. The van der Waals surface area contributed by atoms with Crippen molar-refractivity contribution >= 4 is 16.8 Å². The van der Waals surface area contributed by atoms with Crippen LogP contribution in [0.25, 0.3) is 10.9 Å². The van der Waals surface area contributed by atoms with E-state index < -0.39 is 0 Å². The van der Waals surface area contributed by atoms with Crippen LogP contribution < -0.4 is 4.74 Å². The van der Waals surface area contributed by atoms with Crippen LogP contribution in [0.1, 0.15) is 44.2 Å². The van der Waals surface area contributed by atoms with Crippen LogP contribution >= 0.6 is 0 Å². The maximum atomic E-state index is 10.2. The van der Waals surface area contributed by atoms with Crippen LogP contribution in [-0.2, 0) is 4.74 Å². The van der Waals surface area contributed by atoms with Crippen molar-refractivity contribution in [3.8, 4) is 17.5 Å². The summed E-state index contributed by atoms with van der Waals surface area (Å²) in [6.45, 7) is 6.46. The molecule has 5 rings (SSSR count). The van der Waals surface area contributed by atoms with Gasteiger partial charge in [-0.3, -0.25) is 0 Å². The number of nitrogens with zero attached hydrogens (tertiary/aromatic N) is 3. The summed E-state index contributed by atoms with van der Waals surface area (Å²) in [6.07, 6.45) is 5.20. The standard InChI is InChI=1S/C24H25N3O3/c1-14-10-16-13-25-23(26-20(16)18(28)11-14)29-17-7-4-6-15(12-17)22-27-21-19(30-22)8-5-9-24(21,2)3/h4,6-7,10-13,19,21,28H,5,8-9H2,1-3H3/t19-,21+/m0/s1. The van der Waals surface area contributed by atoms with Gasteiger partial charge in [-0.15, -0.1) is 0 Å². The number of aryl methyl sites for hydroxylation is 1. The normalized spacial score (nSPS) is 22.3. The molecule has 0 saturated heterocycles. The average molecular weight is 403 g/mol. The Morgan fingerprint density at radius 2 is 2.07 bits per heavy atom. The number of hydrogen-bond acceptors (Lipinski definition) is 6. The van der Waals surface area contributed by atoms with E-state index in [0.717, 1.165) is 22.9 Å². The SMILES string of the molecule is Cc1cc(O)c2nc(Oc3cccc(C4=N[C@@H]5[C@H](CCCC5(C)C)O4)c3)ncc2c1. The number of phenols is 1. The molecule has 154 valence electrons. The third kappa shape index (κ3) is 3.36. The maximum absolute atomic E-state index is 10.2. The van der Waals surface area contributed by atoms with Crippen molar-refractivity contribution in [1.82, 2.24) is 9.97 Å². The highest BCUT2D eigenvalue weighted by molar-refractivity contribution is 5.96. The molecule has 0 spiro atoms.